The van der Waals surface area contributed by atoms with Gasteiger partial charge in [-0.3, -0.25) is 20.5 Å². The Hall–Kier alpha value is -1.70. The van der Waals surface area contributed by atoms with Crippen LogP contribution in [-0.2, 0) is 9.53 Å². The van der Waals surface area contributed by atoms with E-state index in [1.807, 2.05) is 25.1 Å². The minimum absolute atomic E-state index is 0.0870. The van der Waals surface area contributed by atoms with Gasteiger partial charge in [-0.15, -0.1) is 0 Å². The van der Waals surface area contributed by atoms with Gasteiger partial charge >= 0.3 is 0 Å². The standard InChI is InChI=1S/C18H28N4O2S/c1-12-5-6-16(9-13(12)2)19-18(25)21-20-17(23)7-8-22-10-14(3)24-15(4)11-22/h5-6,9,14-15H,7-8,10-11H2,1-4H3,(H,20,23)(H2,19,21,25)/t14-,15-/m1/s1. The summed E-state index contributed by atoms with van der Waals surface area (Å²) in [6, 6.07) is 6.01. The molecule has 1 saturated heterocycles. The first-order chi connectivity index (χ1) is 11.8. The molecule has 1 aromatic rings. The molecule has 6 nitrogen and oxygen atoms in total. The molecule has 1 fully saturated rings. The minimum Gasteiger partial charge on any atom is -0.373 e. The van der Waals surface area contributed by atoms with Gasteiger partial charge in [-0.05, 0) is 63.2 Å². The number of hydrogen-bond acceptors (Lipinski definition) is 4. The second-order valence-electron chi connectivity index (χ2n) is 6.69. The smallest absolute Gasteiger partial charge is 0.239 e. The molecule has 1 aromatic carbocycles. The lowest BCUT2D eigenvalue weighted by Crippen LogP contribution is -2.48. The van der Waals surface area contributed by atoms with Crippen LogP contribution in [0.15, 0.2) is 18.2 Å². The van der Waals surface area contributed by atoms with Gasteiger partial charge in [0.2, 0.25) is 5.91 Å². The van der Waals surface area contributed by atoms with E-state index in [0.717, 1.165) is 18.8 Å². The highest BCUT2D eigenvalue weighted by molar-refractivity contribution is 7.80. The number of morpholine rings is 1. The zero-order chi connectivity index (χ0) is 18.4. The summed E-state index contributed by atoms with van der Waals surface area (Å²) >= 11 is 5.21. The maximum absolute atomic E-state index is 12.0. The Balaban J connectivity index is 1.68. The van der Waals surface area contributed by atoms with Crippen molar-refractivity contribution in [3.63, 3.8) is 0 Å². The summed E-state index contributed by atoms with van der Waals surface area (Å²) in [4.78, 5) is 14.2. The van der Waals surface area contributed by atoms with Crippen molar-refractivity contribution in [1.82, 2.24) is 15.8 Å². The number of nitrogens with one attached hydrogen (secondary N) is 3. The number of aryl methyl sites for hydroxylation is 2. The average molecular weight is 365 g/mol. The van der Waals surface area contributed by atoms with Crippen LogP contribution in [0.2, 0.25) is 0 Å². The number of carbonyl (C=O) groups excluding carboxylic acids is 1. The SMILES string of the molecule is Cc1ccc(NC(=S)NNC(=O)CCN2C[C@@H](C)O[C@H](C)C2)cc1C. The molecule has 1 aliphatic rings. The summed E-state index contributed by atoms with van der Waals surface area (Å²) in [5.74, 6) is -0.0870. The van der Waals surface area contributed by atoms with E-state index in [-0.39, 0.29) is 18.1 Å². The van der Waals surface area contributed by atoms with Crippen molar-refractivity contribution in [2.75, 3.05) is 25.0 Å². The molecule has 138 valence electrons. The Kier molecular flexibility index (Phi) is 7.16. The third kappa shape index (κ3) is 6.61. The van der Waals surface area contributed by atoms with Crippen LogP contribution in [0.25, 0.3) is 0 Å². The maximum Gasteiger partial charge on any atom is 0.239 e. The monoisotopic (exact) mass is 364 g/mol. The molecular formula is C18H28N4O2S. The van der Waals surface area contributed by atoms with Crippen molar-refractivity contribution in [3.8, 4) is 0 Å². The molecule has 0 bridgehead atoms. The molecule has 0 radical (unpaired) electrons. The highest BCUT2D eigenvalue weighted by Gasteiger charge is 2.22. The summed E-state index contributed by atoms with van der Waals surface area (Å²) in [5, 5.41) is 3.43. The van der Waals surface area contributed by atoms with Crippen molar-refractivity contribution in [3.05, 3.63) is 29.3 Å². The Morgan fingerprint density at radius 2 is 1.88 bits per heavy atom. The normalized spacial score (nSPS) is 20.8. The summed E-state index contributed by atoms with van der Waals surface area (Å²) in [5.41, 5.74) is 8.69. The topological polar surface area (TPSA) is 65.6 Å². The lowest BCUT2D eigenvalue weighted by molar-refractivity contribution is -0.123. The van der Waals surface area contributed by atoms with Crippen LogP contribution < -0.4 is 16.2 Å². The van der Waals surface area contributed by atoms with Crippen molar-refractivity contribution >= 4 is 28.9 Å². The van der Waals surface area contributed by atoms with E-state index in [2.05, 4.69) is 41.8 Å². The van der Waals surface area contributed by atoms with Gasteiger partial charge in [0.15, 0.2) is 5.11 Å². The van der Waals surface area contributed by atoms with Gasteiger partial charge in [-0.1, -0.05) is 6.07 Å². The fraction of sp³-hybridized carbons (Fsp3) is 0.556. The van der Waals surface area contributed by atoms with Crippen molar-refractivity contribution in [2.24, 2.45) is 0 Å². The van der Waals surface area contributed by atoms with Crippen LogP contribution >= 0.6 is 12.2 Å². The van der Waals surface area contributed by atoms with Crippen molar-refractivity contribution in [1.29, 1.82) is 0 Å². The Morgan fingerprint density at radius 1 is 1.20 bits per heavy atom. The highest BCUT2D eigenvalue weighted by Crippen LogP contribution is 2.14. The second kappa shape index (κ2) is 9.12. The predicted molar refractivity (Wildman–Crippen MR) is 104 cm³/mol. The number of hydrogen-bond donors (Lipinski definition) is 3. The number of amides is 1. The largest absolute Gasteiger partial charge is 0.373 e. The lowest BCUT2D eigenvalue weighted by atomic mass is 10.1. The van der Waals surface area contributed by atoms with E-state index in [4.69, 9.17) is 17.0 Å². The van der Waals surface area contributed by atoms with E-state index in [9.17, 15) is 4.79 Å². The van der Waals surface area contributed by atoms with Gasteiger partial charge in [-0.25, -0.2) is 0 Å². The second-order valence-corrected chi connectivity index (χ2v) is 7.10. The van der Waals surface area contributed by atoms with E-state index >= 15 is 0 Å². The van der Waals surface area contributed by atoms with Crippen molar-refractivity contribution in [2.45, 2.75) is 46.3 Å². The first kappa shape index (κ1) is 19.6. The molecule has 0 aliphatic carbocycles. The van der Waals surface area contributed by atoms with Crippen molar-refractivity contribution < 1.29 is 9.53 Å². The lowest BCUT2D eigenvalue weighted by Gasteiger charge is -2.35. The Labute approximate surface area is 155 Å². The van der Waals surface area contributed by atoms with E-state index < -0.39 is 0 Å². The number of carbonyl (C=O) groups is 1. The van der Waals surface area contributed by atoms with Gasteiger partial charge < -0.3 is 10.1 Å². The third-order valence-electron chi connectivity index (χ3n) is 4.23. The zero-order valence-electron chi connectivity index (χ0n) is 15.4. The number of rotatable bonds is 4. The molecular weight excluding hydrogens is 336 g/mol. The molecule has 0 unspecified atom stereocenters. The van der Waals surface area contributed by atoms with E-state index in [1.165, 1.54) is 11.1 Å². The molecule has 1 heterocycles. The molecule has 0 aromatic heterocycles. The summed E-state index contributed by atoms with van der Waals surface area (Å²) in [7, 11) is 0. The van der Waals surface area contributed by atoms with Crippen LogP contribution in [0.4, 0.5) is 5.69 Å². The number of thiocarbonyl (C=S) groups is 1. The highest BCUT2D eigenvalue weighted by atomic mass is 32.1. The van der Waals surface area contributed by atoms with Crippen LogP contribution in [0.1, 0.15) is 31.4 Å². The number of ether oxygens (including phenoxy) is 1. The number of hydrazine groups is 1. The summed E-state index contributed by atoms with van der Waals surface area (Å²) in [6.45, 7) is 10.7. The molecule has 25 heavy (non-hydrogen) atoms. The van der Waals surface area contributed by atoms with Gasteiger partial charge in [0.05, 0.1) is 12.2 Å². The molecule has 2 rings (SSSR count). The molecule has 7 heteroatoms. The molecule has 2 atom stereocenters. The first-order valence-corrected chi connectivity index (χ1v) is 9.05. The third-order valence-corrected chi connectivity index (χ3v) is 4.43. The van der Waals surface area contributed by atoms with E-state index in [1.54, 1.807) is 0 Å². The van der Waals surface area contributed by atoms with Crippen LogP contribution in [-0.4, -0.2) is 47.8 Å². The van der Waals surface area contributed by atoms with Crippen LogP contribution in [0.5, 0.6) is 0 Å². The maximum atomic E-state index is 12.0. The molecule has 3 N–H and O–H groups in total. The predicted octanol–water partition coefficient (Wildman–Crippen LogP) is 2.12. The van der Waals surface area contributed by atoms with Gasteiger partial charge in [-0.2, -0.15) is 0 Å². The molecule has 1 aliphatic heterocycles. The molecule has 1 amide bonds. The summed E-state index contributed by atoms with van der Waals surface area (Å²) < 4.78 is 5.69. The minimum atomic E-state index is -0.0870. The quantitative estimate of drug-likeness (QED) is 0.562. The molecule has 0 saturated carbocycles. The van der Waals surface area contributed by atoms with E-state index in [0.29, 0.717) is 18.1 Å². The van der Waals surface area contributed by atoms with Gasteiger partial charge in [0.25, 0.3) is 0 Å². The number of benzene rings is 1. The average Bonchev–Trinajstić information content (AvgIpc) is 2.53. The number of nitrogens with zero attached hydrogens (tertiary/aromatic N) is 1. The summed E-state index contributed by atoms with van der Waals surface area (Å²) in [6.07, 6.45) is 0.831. The fourth-order valence-corrected chi connectivity index (χ4v) is 3.07. The molecule has 0 spiro atoms. The first-order valence-electron chi connectivity index (χ1n) is 8.64. The Bertz CT molecular complexity index is 613. The Morgan fingerprint density at radius 3 is 2.52 bits per heavy atom. The number of anilines is 1. The van der Waals surface area contributed by atoms with Crippen LogP contribution in [0.3, 0.4) is 0 Å². The zero-order valence-corrected chi connectivity index (χ0v) is 16.2. The van der Waals surface area contributed by atoms with Gasteiger partial charge in [0, 0.05) is 31.7 Å². The van der Waals surface area contributed by atoms with Crippen LogP contribution in [0, 0.1) is 13.8 Å². The van der Waals surface area contributed by atoms with Gasteiger partial charge in [0.1, 0.15) is 0 Å². The fourth-order valence-electron chi connectivity index (χ4n) is 2.90.